The van der Waals surface area contributed by atoms with Gasteiger partial charge in [0.15, 0.2) is 0 Å². The van der Waals surface area contributed by atoms with Gasteiger partial charge in [0.2, 0.25) is 5.89 Å². The summed E-state index contributed by atoms with van der Waals surface area (Å²) in [4.78, 5) is 13.8. The van der Waals surface area contributed by atoms with Gasteiger partial charge in [-0.05, 0) is 33.5 Å². The third-order valence-electron chi connectivity index (χ3n) is 3.87. The van der Waals surface area contributed by atoms with E-state index >= 15 is 0 Å². The lowest BCUT2D eigenvalue weighted by Crippen LogP contribution is -2.45. The second-order valence-electron chi connectivity index (χ2n) is 6.24. The van der Waals surface area contributed by atoms with Crippen LogP contribution >= 0.6 is 0 Å². The highest BCUT2D eigenvalue weighted by Gasteiger charge is 2.23. The van der Waals surface area contributed by atoms with E-state index in [2.05, 4.69) is 60.6 Å². The van der Waals surface area contributed by atoms with E-state index in [9.17, 15) is 4.79 Å². The Morgan fingerprint density at radius 2 is 1.91 bits per heavy atom. The average molecular weight is 318 g/mol. The van der Waals surface area contributed by atoms with Crippen LogP contribution in [0.2, 0.25) is 0 Å². The van der Waals surface area contributed by atoms with Crippen LogP contribution in [0.3, 0.4) is 0 Å². The van der Waals surface area contributed by atoms with Gasteiger partial charge in [-0.15, -0.1) is 5.10 Å². The van der Waals surface area contributed by atoms with E-state index in [0.29, 0.717) is 12.4 Å². The summed E-state index contributed by atoms with van der Waals surface area (Å²) >= 11 is 0. The molecule has 0 fully saturated rings. The lowest BCUT2D eigenvalue weighted by atomic mass is 9.99. The van der Waals surface area contributed by atoms with Gasteiger partial charge >= 0.3 is 5.76 Å². The van der Waals surface area contributed by atoms with E-state index in [0.717, 1.165) is 0 Å². The molecule has 1 aromatic heterocycles. The van der Waals surface area contributed by atoms with Crippen molar-refractivity contribution < 1.29 is 4.42 Å². The number of hydrogen-bond donors (Lipinski definition) is 1. The summed E-state index contributed by atoms with van der Waals surface area (Å²) in [7, 11) is 4.15. The topological polar surface area (TPSA) is 63.3 Å². The molecule has 0 unspecified atom stereocenters. The SMILES string of the molecule is Cc1nn(C[C@H](C)N[C@@H](C)[C@H](c2ccccc2)N(C)C)c(=O)o1. The van der Waals surface area contributed by atoms with Gasteiger partial charge < -0.3 is 14.6 Å². The van der Waals surface area contributed by atoms with Crippen LogP contribution < -0.4 is 11.1 Å². The zero-order valence-corrected chi connectivity index (χ0v) is 14.5. The summed E-state index contributed by atoms with van der Waals surface area (Å²) in [5.74, 6) is -0.0123. The van der Waals surface area contributed by atoms with Crippen molar-refractivity contribution in [3.8, 4) is 0 Å². The number of benzene rings is 1. The van der Waals surface area contributed by atoms with Gasteiger partial charge in [0.05, 0.1) is 6.54 Å². The van der Waals surface area contributed by atoms with Gasteiger partial charge in [0, 0.05) is 25.0 Å². The van der Waals surface area contributed by atoms with Crippen molar-refractivity contribution in [3.05, 3.63) is 52.3 Å². The molecule has 126 valence electrons. The van der Waals surface area contributed by atoms with Crippen LogP contribution in [0.25, 0.3) is 0 Å². The monoisotopic (exact) mass is 318 g/mol. The Morgan fingerprint density at radius 1 is 1.26 bits per heavy atom. The summed E-state index contributed by atoms with van der Waals surface area (Å²) in [6.07, 6.45) is 0. The van der Waals surface area contributed by atoms with Crippen LogP contribution in [0.5, 0.6) is 0 Å². The number of likely N-dealkylation sites (N-methyl/N-ethyl adjacent to an activating group) is 1. The predicted octanol–water partition coefficient (Wildman–Crippen LogP) is 1.81. The standard InChI is InChI=1S/C17H26N4O2/c1-12(11-21-17(22)23-14(3)19-21)18-13(2)16(20(4)5)15-9-7-6-8-10-15/h6-10,12-13,16,18H,11H2,1-5H3/t12-,13-,16+/m0/s1. The Balaban J connectivity index is 2.05. The number of hydrogen-bond acceptors (Lipinski definition) is 5. The maximum atomic E-state index is 11.6. The van der Waals surface area contributed by atoms with Crippen LogP contribution in [0.15, 0.2) is 39.5 Å². The van der Waals surface area contributed by atoms with E-state index in [1.54, 1.807) is 6.92 Å². The number of nitrogens with one attached hydrogen (secondary N) is 1. The molecule has 1 aromatic carbocycles. The Hall–Kier alpha value is -1.92. The van der Waals surface area contributed by atoms with E-state index < -0.39 is 5.76 Å². The first-order valence-corrected chi connectivity index (χ1v) is 7.90. The molecule has 0 spiro atoms. The number of rotatable bonds is 7. The van der Waals surface area contributed by atoms with Gasteiger partial charge in [-0.25, -0.2) is 4.79 Å². The highest BCUT2D eigenvalue weighted by Crippen LogP contribution is 2.22. The fourth-order valence-electron chi connectivity index (χ4n) is 3.06. The van der Waals surface area contributed by atoms with E-state index in [1.165, 1.54) is 10.2 Å². The van der Waals surface area contributed by atoms with Gasteiger partial charge in [-0.3, -0.25) is 0 Å². The van der Waals surface area contributed by atoms with Crippen molar-refractivity contribution in [2.45, 2.75) is 45.4 Å². The van der Waals surface area contributed by atoms with E-state index in [-0.39, 0.29) is 18.1 Å². The molecule has 0 radical (unpaired) electrons. The predicted molar refractivity (Wildman–Crippen MR) is 90.4 cm³/mol. The summed E-state index contributed by atoms with van der Waals surface area (Å²) in [5.41, 5.74) is 1.26. The first-order valence-electron chi connectivity index (χ1n) is 7.90. The third-order valence-corrected chi connectivity index (χ3v) is 3.87. The quantitative estimate of drug-likeness (QED) is 0.843. The largest absolute Gasteiger partial charge is 0.437 e. The maximum absolute atomic E-state index is 11.6. The molecule has 3 atom stereocenters. The van der Waals surface area contributed by atoms with Crippen molar-refractivity contribution in [2.24, 2.45) is 0 Å². The minimum Gasteiger partial charge on any atom is -0.393 e. The highest BCUT2D eigenvalue weighted by molar-refractivity contribution is 5.20. The van der Waals surface area contributed by atoms with Crippen LogP contribution in [0.4, 0.5) is 0 Å². The zero-order valence-electron chi connectivity index (χ0n) is 14.5. The fraction of sp³-hybridized carbons (Fsp3) is 0.529. The molecular formula is C17H26N4O2. The maximum Gasteiger partial charge on any atom is 0.437 e. The minimum absolute atomic E-state index is 0.0957. The van der Waals surface area contributed by atoms with Crippen LogP contribution in [-0.2, 0) is 6.54 Å². The molecule has 0 aliphatic carbocycles. The smallest absolute Gasteiger partial charge is 0.393 e. The molecule has 0 amide bonds. The van der Waals surface area contributed by atoms with E-state index in [4.69, 9.17) is 4.42 Å². The second kappa shape index (κ2) is 7.57. The summed E-state index contributed by atoms with van der Waals surface area (Å²) in [6.45, 7) is 6.36. The third kappa shape index (κ3) is 4.53. The molecule has 1 N–H and O–H groups in total. The molecule has 0 bridgehead atoms. The first kappa shape index (κ1) is 17.4. The Labute approximate surface area is 137 Å². The molecule has 2 aromatic rings. The van der Waals surface area contributed by atoms with Crippen LogP contribution in [0, 0.1) is 6.92 Å². The first-order chi connectivity index (χ1) is 10.9. The van der Waals surface area contributed by atoms with Gasteiger partial charge in [0.25, 0.3) is 0 Å². The van der Waals surface area contributed by atoms with Gasteiger partial charge in [-0.2, -0.15) is 4.68 Å². The molecule has 1 heterocycles. The molecule has 0 aliphatic heterocycles. The van der Waals surface area contributed by atoms with Crippen molar-refractivity contribution in [1.82, 2.24) is 20.0 Å². The molecule has 6 heteroatoms. The number of nitrogens with zero attached hydrogens (tertiary/aromatic N) is 3. The molecule has 0 saturated heterocycles. The lowest BCUT2D eigenvalue weighted by Gasteiger charge is -2.33. The number of aryl methyl sites for hydroxylation is 1. The Kier molecular flexibility index (Phi) is 5.74. The fourth-order valence-corrected chi connectivity index (χ4v) is 3.06. The minimum atomic E-state index is -0.406. The zero-order chi connectivity index (χ0) is 17.0. The molecular weight excluding hydrogens is 292 g/mol. The molecule has 0 aliphatic rings. The second-order valence-corrected chi connectivity index (χ2v) is 6.24. The number of aromatic nitrogens is 2. The summed E-state index contributed by atoms with van der Waals surface area (Å²) in [6, 6.07) is 11.0. The Morgan fingerprint density at radius 3 is 2.43 bits per heavy atom. The van der Waals surface area contributed by atoms with Crippen molar-refractivity contribution >= 4 is 0 Å². The van der Waals surface area contributed by atoms with E-state index in [1.807, 2.05) is 13.0 Å². The molecule has 0 saturated carbocycles. The molecule has 6 nitrogen and oxygen atoms in total. The van der Waals surface area contributed by atoms with Crippen molar-refractivity contribution in [2.75, 3.05) is 14.1 Å². The van der Waals surface area contributed by atoms with Crippen molar-refractivity contribution in [3.63, 3.8) is 0 Å². The van der Waals surface area contributed by atoms with Crippen LogP contribution in [0.1, 0.15) is 31.3 Å². The molecule has 23 heavy (non-hydrogen) atoms. The van der Waals surface area contributed by atoms with Gasteiger partial charge in [0.1, 0.15) is 0 Å². The van der Waals surface area contributed by atoms with Gasteiger partial charge in [-0.1, -0.05) is 30.3 Å². The van der Waals surface area contributed by atoms with Crippen molar-refractivity contribution in [1.29, 1.82) is 0 Å². The van der Waals surface area contributed by atoms with Crippen LogP contribution in [-0.4, -0.2) is 40.9 Å². The summed E-state index contributed by atoms with van der Waals surface area (Å²) < 4.78 is 6.30. The summed E-state index contributed by atoms with van der Waals surface area (Å²) in [5, 5.41) is 7.64. The Bertz CT molecular complexity index is 663. The average Bonchev–Trinajstić information content (AvgIpc) is 2.77. The molecule has 2 rings (SSSR count). The normalized spacial score (nSPS) is 15.6. The highest BCUT2D eigenvalue weighted by atomic mass is 16.4. The lowest BCUT2D eigenvalue weighted by molar-refractivity contribution is 0.224.